The van der Waals surface area contributed by atoms with E-state index in [2.05, 4.69) is 34.9 Å². The Morgan fingerprint density at radius 1 is 1.44 bits per heavy atom. The second kappa shape index (κ2) is 4.55. The Morgan fingerprint density at radius 2 is 2.17 bits per heavy atom. The summed E-state index contributed by atoms with van der Waals surface area (Å²) in [4.78, 5) is 0.651. The van der Waals surface area contributed by atoms with Crippen LogP contribution in [0.4, 0.5) is 0 Å². The Kier molecular flexibility index (Phi) is 3.16. The molecule has 4 heteroatoms. The Hall–Kier alpha value is -0.510. The first kappa shape index (κ1) is 12.5. The van der Waals surface area contributed by atoms with Crippen LogP contribution in [0.5, 0.6) is 5.75 Å². The van der Waals surface area contributed by atoms with Gasteiger partial charge in [0.05, 0.1) is 12.4 Å². The normalized spacial score (nSPS) is 29.8. The molecule has 0 saturated heterocycles. The highest BCUT2D eigenvalue weighted by molar-refractivity contribution is 9.09. The van der Waals surface area contributed by atoms with Crippen molar-refractivity contribution in [2.45, 2.75) is 62.9 Å². The molecule has 2 saturated carbocycles. The topological polar surface area (TPSA) is 27.1 Å². The molecular weight excluding hydrogens is 292 g/mol. The van der Waals surface area contributed by atoms with Crippen molar-refractivity contribution in [3.8, 4) is 5.75 Å². The molecule has 1 aromatic heterocycles. The highest BCUT2D eigenvalue weighted by Crippen LogP contribution is 2.57. The Bertz CT molecular complexity index is 423. The number of hydrogen-bond acceptors (Lipinski definition) is 2. The van der Waals surface area contributed by atoms with Crippen molar-refractivity contribution in [1.82, 2.24) is 9.78 Å². The van der Waals surface area contributed by atoms with Crippen LogP contribution in [0, 0.1) is 5.41 Å². The Balaban J connectivity index is 1.69. The van der Waals surface area contributed by atoms with Crippen LogP contribution in [0.3, 0.4) is 0 Å². The van der Waals surface area contributed by atoms with Crippen LogP contribution in [0.15, 0.2) is 12.4 Å². The predicted octanol–water partition coefficient (Wildman–Crippen LogP) is 3.94. The van der Waals surface area contributed by atoms with Crippen LogP contribution >= 0.6 is 15.9 Å². The largest absolute Gasteiger partial charge is 0.486 e. The minimum atomic E-state index is 0.384. The van der Waals surface area contributed by atoms with E-state index in [1.807, 2.05) is 17.1 Å². The minimum absolute atomic E-state index is 0.384. The summed E-state index contributed by atoms with van der Waals surface area (Å²) in [6, 6.07) is 0.396. The van der Waals surface area contributed by atoms with E-state index in [-0.39, 0.29) is 0 Å². The molecule has 1 spiro atoms. The molecule has 2 unspecified atom stereocenters. The molecule has 2 aliphatic rings. The molecule has 0 N–H and O–H groups in total. The average molecular weight is 313 g/mol. The molecule has 18 heavy (non-hydrogen) atoms. The van der Waals surface area contributed by atoms with Crippen molar-refractivity contribution in [3.63, 3.8) is 0 Å². The fourth-order valence-corrected chi connectivity index (χ4v) is 4.45. The molecule has 100 valence electrons. The number of hydrogen-bond donors (Lipinski definition) is 0. The van der Waals surface area contributed by atoms with E-state index in [9.17, 15) is 0 Å². The number of rotatable bonds is 3. The number of halogens is 1. The summed E-state index contributed by atoms with van der Waals surface area (Å²) < 4.78 is 8.14. The van der Waals surface area contributed by atoms with Gasteiger partial charge in [-0.2, -0.15) is 5.10 Å². The zero-order valence-electron chi connectivity index (χ0n) is 11.1. The van der Waals surface area contributed by atoms with E-state index >= 15 is 0 Å². The molecule has 1 aromatic rings. The van der Waals surface area contributed by atoms with Crippen molar-refractivity contribution in [2.24, 2.45) is 5.41 Å². The van der Waals surface area contributed by atoms with Crippen LogP contribution in [-0.4, -0.2) is 20.7 Å². The lowest BCUT2D eigenvalue weighted by molar-refractivity contribution is -0.0304. The lowest BCUT2D eigenvalue weighted by Crippen LogP contribution is -2.55. The van der Waals surface area contributed by atoms with Gasteiger partial charge in [0.2, 0.25) is 0 Å². The summed E-state index contributed by atoms with van der Waals surface area (Å²) in [7, 11) is 0. The van der Waals surface area contributed by atoms with Crippen molar-refractivity contribution in [1.29, 1.82) is 0 Å². The third-order valence-corrected chi connectivity index (χ3v) is 5.89. The molecule has 2 fully saturated rings. The Morgan fingerprint density at radius 3 is 2.72 bits per heavy atom. The number of alkyl halides is 1. The fourth-order valence-electron chi connectivity index (χ4n) is 3.36. The lowest BCUT2D eigenvalue weighted by Gasteiger charge is -2.51. The zero-order valence-corrected chi connectivity index (χ0v) is 12.7. The van der Waals surface area contributed by atoms with Gasteiger partial charge in [-0.25, -0.2) is 0 Å². The molecule has 0 amide bonds. The molecule has 0 aromatic carbocycles. The van der Waals surface area contributed by atoms with Gasteiger partial charge in [0, 0.05) is 16.3 Å². The summed E-state index contributed by atoms with van der Waals surface area (Å²) in [6.07, 6.45) is 10.7. The number of nitrogens with zero attached hydrogens (tertiary/aromatic N) is 2. The van der Waals surface area contributed by atoms with Gasteiger partial charge in [-0.1, -0.05) is 28.8 Å². The summed E-state index contributed by atoms with van der Waals surface area (Å²) in [5, 5.41) is 4.34. The monoisotopic (exact) mass is 312 g/mol. The molecule has 0 radical (unpaired) electrons. The summed E-state index contributed by atoms with van der Waals surface area (Å²) >= 11 is 3.83. The summed E-state index contributed by atoms with van der Waals surface area (Å²) in [5.41, 5.74) is 0.403. The van der Waals surface area contributed by atoms with Crippen LogP contribution in [0.2, 0.25) is 0 Å². The molecule has 1 heterocycles. The summed E-state index contributed by atoms with van der Waals surface area (Å²) in [6.45, 7) is 4.26. The number of ether oxygens (including phenoxy) is 1. The minimum Gasteiger partial charge on any atom is -0.486 e. The third-order valence-electron chi connectivity index (χ3n) is 4.61. The first-order chi connectivity index (χ1) is 8.62. The van der Waals surface area contributed by atoms with Gasteiger partial charge in [-0.05, 0) is 33.1 Å². The van der Waals surface area contributed by atoms with E-state index in [4.69, 9.17) is 4.74 Å². The van der Waals surface area contributed by atoms with Crippen molar-refractivity contribution >= 4 is 15.9 Å². The zero-order chi connectivity index (χ0) is 12.8. The first-order valence-corrected chi connectivity index (χ1v) is 7.88. The standard InChI is InChI=1S/C14H21BrN2O/c1-10(2)17-9-11(8-16-17)18-13-7-12(15)14(13)5-3-4-6-14/h8-10,12-13H,3-7H2,1-2H3. The maximum atomic E-state index is 6.18. The number of aromatic nitrogens is 2. The van der Waals surface area contributed by atoms with Gasteiger partial charge in [0.1, 0.15) is 6.10 Å². The maximum absolute atomic E-state index is 6.18. The van der Waals surface area contributed by atoms with Crippen LogP contribution in [-0.2, 0) is 0 Å². The highest BCUT2D eigenvalue weighted by Gasteiger charge is 2.56. The van der Waals surface area contributed by atoms with Crippen molar-refractivity contribution in [3.05, 3.63) is 12.4 Å². The van der Waals surface area contributed by atoms with Crippen LogP contribution in [0.25, 0.3) is 0 Å². The van der Waals surface area contributed by atoms with Gasteiger partial charge in [0.25, 0.3) is 0 Å². The predicted molar refractivity (Wildman–Crippen MR) is 75.3 cm³/mol. The van der Waals surface area contributed by atoms with Crippen LogP contribution < -0.4 is 4.74 Å². The van der Waals surface area contributed by atoms with Gasteiger partial charge in [0.15, 0.2) is 5.75 Å². The van der Waals surface area contributed by atoms with Gasteiger partial charge in [-0.3, -0.25) is 4.68 Å². The molecule has 0 aliphatic heterocycles. The molecule has 0 bridgehead atoms. The summed E-state index contributed by atoms with van der Waals surface area (Å²) in [5.74, 6) is 0.930. The van der Waals surface area contributed by atoms with Crippen molar-refractivity contribution < 1.29 is 4.74 Å². The van der Waals surface area contributed by atoms with Gasteiger partial charge in [-0.15, -0.1) is 0 Å². The third kappa shape index (κ3) is 1.89. The first-order valence-electron chi connectivity index (χ1n) is 6.97. The van der Waals surface area contributed by atoms with Crippen molar-refractivity contribution in [2.75, 3.05) is 0 Å². The molecule has 2 atom stereocenters. The maximum Gasteiger partial charge on any atom is 0.157 e. The van der Waals surface area contributed by atoms with E-state index in [0.29, 0.717) is 22.4 Å². The van der Waals surface area contributed by atoms with E-state index in [1.165, 1.54) is 25.7 Å². The lowest BCUT2D eigenvalue weighted by atomic mass is 9.64. The quantitative estimate of drug-likeness (QED) is 0.790. The van der Waals surface area contributed by atoms with Gasteiger partial charge >= 0.3 is 0 Å². The smallest absolute Gasteiger partial charge is 0.157 e. The Labute approximate surface area is 117 Å². The molecule has 3 rings (SSSR count). The second-order valence-corrected chi connectivity index (χ2v) is 7.11. The highest BCUT2D eigenvalue weighted by atomic mass is 79.9. The van der Waals surface area contributed by atoms with E-state index in [0.717, 1.165) is 12.2 Å². The second-order valence-electron chi connectivity index (χ2n) is 6.00. The van der Waals surface area contributed by atoms with Crippen LogP contribution in [0.1, 0.15) is 52.0 Å². The average Bonchev–Trinajstić information content (AvgIpc) is 2.99. The molecular formula is C14H21BrN2O. The fraction of sp³-hybridized carbons (Fsp3) is 0.786. The molecule has 2 aliphatic carbocycles. The van der Waals surface area contributed by atoms with E-state index in [1.54, 1.807) is 0 Å². The van der Waals surface area contributed by atoms with Gasteiger partial charge < -0.3 is 4.74 Å². The SMILES string of the molecule is CC(C)n1cc(OC2CC(Br)C23CCCC3)cn1. The molecule has 3 nitrogen and oxygen atoms in total. The van der Waals surface area contributed by atoms with E-state index < -0.39 is 0 Å².